The molecule has 118 valence electrons. The van der Waals surface area contributed by atoms with E-state index in [2.05, 4.69) is 5.10 Å². The fourth-order valence-electron chi connectivity index (χ4n) is 2.11. The lowest BCUT2D eigenvalue weighted by Gasteiger charge is -2.20. The summed E-state index contributed by atoms with van der Waals surface area (Å²) in [4.78, 5) is 12.0. The number of likely N-dealkylation sites (N-methyl/N-ethyl adjacent to an activating group) is 1. The molecule has 0 saturated heterocycles. The van der Waals surface area contributed by atoms with Crippen LogP contribution in [0.3, 0.4) is 0 Å². The average molecular weight is 324 g/mol. The third-order valence-corrected chi connectivity index (χ3v) is 4.32. The molecule has 9 heteroatoms. The van der Waals surface area contributed by atoms with Gasteiger partial charge in [0.05, 0.1) is 11.5 Å². The zero-order valence-electron chi connectivity index (χ0n) is 12.2. The Morgan fingerprint density at radius 3 is 2.64 bits per heavy atom. The Labute approximate surface area is 128 Å². The van der Waals surface area contributed by atoms with E-state index in [1.165, 1.54) is 18.2 Å². The van der Waals surface area contributed by atoms with Crippen LogP contribution in [0.5, 0.6) is 0 Å². The van der Waals surface area contributed by atoms with E-state index in [1.54, 1.807) is 35.1 Å². The Balaban J connectivity index is 2.35. The molecule has 0 fully saturated rings. The number of nitro benzene ring substituents is 1. The van der Waals surface area contributed by atoms with Gasteiger partial charge >= 0.3 is 5.69 Å². The van der Waals surface area contributed by atoms with Crippen LogP contribution < -0.4 is 4.90 Å². The summed E-state index contributed by atoms with van der Waals surface area (Å²) in [7, 11) is -2.00. The molecule has 0 bridgehead atoms. The van der Waals surface area contributed by atoms with Crippen LogP contribution >= 0.6 is 0 Å². The first-order valence-electron chi connectivity index (χ1n) is 6.46. The van der Waals surface area contributed by atoms with Crippen LogP contribution in [-0.2, 0) is 16.4 Å². The van der Waals surface area contributed by atoms with Crippen molar-refractivity contribution in [2.75, 3.05) is 24.7 Å². The van der Waals surface area contributed by atoms with Gasteiger partial charge in [-0.1, -0.05) is 6.07 Å². The summed E-state index contributed by atoms with van der Waals surface area (Å²) in [5.41, 5.74) is -0.131. The fourth-order valence-corrected chi connectivity index (χ4v) is 2.96. The normalized spacial score (nSPS) is 11.4. The van der Waals surface area contributed by atoms with Gasteiger partial charge < -0.3 is 4.90 Å². The number of para-hydroxylation sites is 1. The molecule has 8 nitrogen and oxygen atoms in total. The molecule has 0 atom stereocenters. The first kappa shape index (κ1) is 16.0. The van der Waals surface area contributed by atoms with Crippen LogP contribution in [0, 0.1) is 10.1 Å². The summed E-state index contributed by atoms with van der Waals surface area (Å²) in [6.07, 6.45) is 4.39. The molecule has 22 heavy (non-hydrogen) atoms. The van der Waals surface area contributed by atoms with Gasteiger partial charge in [0.15, 0.2) is 9.84 Å². The van der Waals surface area contributed by atoms with E-state index in [-0.39, 0.29) is 10.6 Å². The Bertz CT molecular complexity index is 771. The van der Waals surface area contributed by atoms with E-state index < -0.39 is 20.4 Å². The standard InChI is InChI=1S/C13H16N4O4S/c1-15(9-10-16-8-4-7-14-16)11-5-3-6-12(22(2,20)21)13(11)17(18)19/h3-8H,9-10H2,1-2H3. The molecular formula is C13H16N4O4S. The van der Waals surface area contributed by atoms with Crippen LogP contribution in [0.25, 0.3) is 0 Å². The van der Waals surface area contributed by atoms with Crippen molar-refractivity contribution in [3.05, 3.63) is 46.8 Å². The summed E-state index contributed by atoms with van der Waals surface area (Å²) in [5.74, 6) is 0. The van der Waals surface area contributed by atoms with E-state index in [1.807, 2.05) is 0 Å². The number of rotatable bonds is 6. The predicted molar refractivity (Wildman–Crippen MR) is 81.7 cm³/mol. The highest BCUT2D eigenvalue weighted by atomic mass is 32.2. The van der Waals surface area contributed by atoms with Gasteiger partial charge in [0.25, 0.3) is 0 Å². The summed E-state index contributed by atoms with van der Waals surface area (Å²) < 4.78 is 25.2. The quantitative estimate of drug-likeness (QED) is 0.587. The average Bonchev–Trinajstić information content (AvgIpc) is 2.96. The summed E-state index contributed by atoms with van der Waals surface area (Å²) >= 11 is 0. The molecule has 1 heterocycles. The van der Waals surface area contributed by atoms with E-state index in [0.717, 1.165) is 6.26 Å². The Hall–Kier alpha value is -2.42. The minimum atomic E-state index is -3.68. The molecule has 1 aromatic carbocycles. The number of nitro groups is 1. The minimum absolute atomic E-state index is 0.264. The highest BCUT2D eigenvalue weighted by Crippen LogP contribution is 2.33. The monoisotopic (exact) mass is 324 g/mol. The molecule has 0 aliphatic rings. The smallest absolute Gasteiger partial charge is 0.311 e. The molecule has 1 aromatic heterocycles. The number of anilines is 1. The van der Waals surface area contributed by atoms with Crippen molar-refractivity contribution < 1.29 is 13.3 Å². The highest BCUT2D eigenvalue weighted by Gasteiger charge is 2.27. The molecule has 0 radical (unpaired) electrons. The van der Waals surface area contributed by atoms with Gasteiger partial charge in [-0.2, -0.15) is 5.10 Å². The first-order chi connectivity index (χ1) is 10.3. The van der Waals surface area contributed by atoms with Crippen molar-refractivity contribution in [2.45, 2.75) is 11.4 Å². The minimum Gasteiger partial charge on any atom is -0.367 e. The van der Waals surface area contributed by atoms with Gasteiger partial charge in [-0.3, -0.25) is 14.8 Å². The van der Waals surface area contributed by atoms with Crippen molar-refractivity contribution in [3.63, 3.8) is 0 Å². The molecule has 2 aromatic rings. The van der Waals surface area contributed by atoms with Crippen LogP contribution in [0.15, 0.2) is 41.6 Å². The lowest BCUT2D eigenvalue weighted by atomic mass is 10.2. The molecular weight excluding hydrogens is 308 g/mol. The first-order valence-corrected chi connectivity index (χ1v) is 8.36. The SMILES string of the molecule is CN(CCn1cccn1)c1cccc(S(C)(=O)=O)c1[N+](=O)[O-]. The number of aromatic nitrogens is 2. The van der Waals surface area contributed by atoms with Gasteiger partial charge in [-0.05, 0) is 18.2 Å². The van der Waals surface area contributed by atoms with E-state index in [4.69, 9.17) is 0 Å². The summed E-state index contributed by atoms with van der Waals surface area (Å²) in [6.45, 7) is 0.986. The van der Waals surface area contributed by atoms with Gasteiger partial charge in [-0.25, -0.2) is 8.42 Å². The number of nitrogens with zero attached hydrogens (tertiary/aromatic N) is 4. The van der Waals surface area contributed by atoms with Crippen LogP contribution in [-0.4, -0.2) is 43.0 Å². The second-order valence-electron chi connectivity index (χ2n) is 4.84. The number of sulfone groups is 1. The molecule has 0 spiro atoms. The molecule has 2 rings (SSSR count). The fraction of sp³-hybridized carbons (Fsp3) is 0.308. The topological polar surface area (TPSA) is 98.3 Å². The van der Waals surface area contributed by atoms with Gasteiger partial charge in [0, 0.05) is 32.2 Å². The Morgan fingerprint density at radius 2 is 2.09 bits per heavy atom. The lowest BCUT2D eigenvalue weighted by Crippen LogP contribution is -2.24. The molecule has 0 saturated carbocycles. The zero-order valence-corrected chi connectivity index (χ0v) is 13.0. The maximum Gasteiger partial charge on any atom is 0.311 e. The third kappa shape index (κ3) is 3.42. The van der Waals surface area contributed by atoms with Crippen molar-refractivity contribution in [3.8, 4) is 0 Å². The van der Waals surface area contributed by atoms with E-state index >= 15 is 0 Å². The van der Waals surface area contributed by atoms with Gasteiger partial charge in [0.1, 0.15) is 10.6 Å². The van der Waals surface area contributed by atoms with Crippen molar-refractivity contribution >= 4 is 21.2 Å². The molecule has 0 amide bonds. The maximum absolute atomic E-state index is 11.7. The van der Waals surface area contributed by atoms with Crippen molar-refractivity contribution in [1.29, 1.82) is 0 Å². The maximum atomic E-state index is 11.7. The van der Waals surface area contributed by atoms with Crippen molar-refractivity contribution in [2.24, 2.45) is 0 Å². The van der Waals surface area contributed by atoms with Crippen molar-refractivity contribution in [1.82, 2.24) is 9.78 Å². The van der Waals surface area contributed by atoms with Gasteiger partial charge in [-0.15, -0.1) is 0 Å². The van der Waals surface area contributed by atoms with Crippen LogP contribution in [0.1, 0.15) is 0 Å². The second-order valence-corrected chi connectivity index (χ2v) is 6.83. The molecule has 0 aliphatic carbocycles. The zero-order chi connectivity index (χ0) is 16.3. The Kier molecular flexibility index (Phi) is 4.45. The summed E-state index contributed by atoms with van der Waals surface area (Å²) in [5, 5.41) is 15.4. The Morgan fingerprint density at radius 1 is 1.36 bits per heavy atom. The van der Waals surface area contributed by atoms with Crippen LogP contribution in [0.2, 0.25) is 0 Å². The second kappa shape index (κ2) is 6.14. The third-order valence-electron chi connectivity index (χ3n) is 3.19. The number of benzene rings is 1. The van der Waals surface area contributed by atoms with Crippen LogP contribution in [0.4, 0.5) is 11.4 Å². The highest BCUT2D eigenvalue weighted by molar-refractivity contribution is 7.90. The molecule has 0 unspecified atom stereocenters. The number of hydrogen-bond acceptors (Lipinski definition) is 6. The van der Waals surface area contributed by atoms with E-state index in [0.29, 0.717) is 13.1 Å². The lowest BCUT2D eigenvalue weighted by molar-refractivity contribution is -0.387. The largest absolute Gasteiger partial charge is 0.367 e. The predicted octanol–water partition coefficient (Wildman–Crippen LogP) is 1.33. The number of hydrogen-bond donors (Lipinski definition) is 0. The molecule has 0 aliphatic heterocycles. The molecule has 0 N–H and O–H groups in total. The van der Waals surface area contributed by atoms with Gasteiger partial charge in [0.2, 0.25) is 0 Å². The summed E-state index contributed by atoms with van der Waals surface area (Å²) in [6, 6.07) is 6.07. The van der Waals surface area contributed by atoms with E-state index in [9.17, 15) is 18.5 Å².